The zero-order valence-corrected chi connectivity index (χ0v) is 22.4. The predicted octanol–water partition coefficient (Wildman–Crippen LogP) is 3.94. The first kappa shape index (κ1) is 25.4. The first-order chi connectivity index (χ1) is 17.9. The SMILES string of the molecule is CN=C(C)NC(=O)OCN1C(=O)Cc2cc(CCN3CCN(c4nsc5ccccc45)CC3)c(Cl)cc21. The second kappa shape index (κ2) is 11.0. The smallest absolute Gasteiger partial charge is 0.414 e. The molecule has 0 bridgehead atoms. The van der Waals surface area contributed by atoms with Crippen LogP contribution in [0.5, 0.6) is 0 Å². The van der Waals surface area contributed by atoms with Gasteiger partial charge in [-0.2, -0.15) is 4.37 Å². The van der Waals surface area contributed by atoms with Crippen LogP contribution in [0.4, 0.5) is 16.3 Å². The summed E-state index contributed by atoms with van der Waals surface area (Å²) in [5, 5.41) is 4.34. The predicted molar refractivity (Wildman–Crippen MR) is 148 cm³/mol. The van der Waals surface area contributed by atoms with E-state index in [0.717, 1.165) is 56.1 Å². The van der Waals surface area contributed by atoms with E-state index in [1.54, 1.807) is 25.5 Å². The molecular formula is C26H29ClN6O3S. The van der Waals surface area contributed by atoms with E-state index in [0.29, 0.717) is 16.5 Å². The average Bonchev–Trinajstić information content (AvgIpc) is 3.46. The highest BCUT2D eigenvalue weighted by atomic mass is 35.5. The molecule has 1 saturated heterocycles. The lowest BCUT2D eigenvalue weighted by Crippen LogP contribution is -2.47. The van der Waals surface area contributed by atoms with E-state index in [9.17, 15) is 9.59 Å². The number of rotatable bonds is 6. The molecule has 3 heterocycles. The van der Waals surface area contributed by atoms with E-state index < -0.39 is 6.09 Å². The molecule has 0 aliphatic carbocycles. The van der Waals surface area contributed by atoms with Crippen molar-refractivity contribution < 1.29 is 14.3 Å². The third-order valence-electron chi connectivity index (χ3n) is 6.85. The molecule has 194 valence electrons. The topological polar surface area (TPSA) is 90.4 Å². The van der Waals surface area contributed by atoms with Gasteiger partial charge in [-0.3, -0.25) is 24.9 Å². The van der Waals surface area contributed by atoms with Crippen LogP contribution in [0.3, 0.4) is 0 Å². The summed E-state index contributed by atoms with van der Waals surface area (Å²) in [6.07, 6.45) is 0.407. The highest BCUT2D eigenvalue weighted by molar-refractivity contribution is 7.13. The maximum atomic E-state index is 12.6. The summed E-state index contributed by atoms with van der Waals surface area (Å²) in [4.78, 5) is 34.6. The number of fused-ring (bicyclic) bond motifs is 2. The van der Waals surface area contributed by atoms with Crippen molar-refractivity contribution in [3.63, 3.8) is 0 Å². The van der Waals surface area contributed by atoms with Gasteiger partial charge in [0.05, 0.1) is 16.8 Å². The number of amidine groups is 1. The van der Waals surface area contributed by atoms with E-state index >= 15 is 0 Å². The maximum absolute atomic E-state index is 12.6. The number of nitrogens with one attached hydrogen (secondary N) is 1. The summed E-state index contributed by atoms with van der Waals surface area (Å²) in [5.74, 6) is 1.40. The summed E-state index contributed by atoms with van der Waals surface area (Å²) >= 11 is 8.18. The molecule has 2 aromatic carbocycles. The van der Waals surface area contributed by atoms with Crippen LogP contribution in [0.25, 0.3) is 10.1 Å². The van der Waals surface area contributed by atoms with Gasteiger partial charge in [-0.15, -0.1) is 0 Å². The zero-order valence-electron chi connectivity index (χ0n) is 20.9. The molecule has 3 aromatic rings. The summed E-state index contributed by atoms with van der Waals surface area (Å²) in [5.41, 5.74) is 2.62. The molecule has 0 saturated carbocycles. The number of benzene rings is 2. The minimum absolute atomic E-state index is 0.123. The summed E-state index contributed by atoms with van der Waals surface area (Å²) < 4.78 is 11.1. The lowest BCUT2D eigenvalue weighted by atomic mass is 10.1. The van der Waals surface area contributed by atoms with Crippen molar-refractivity contribution in [3.8, 4) is 0 Å². The first-order valence-electron chi connectivity index (χ1n) is 12.2. The monoisotopic (exact) mass is 540 g/mol. The van der Waals surface area contributed by atoms with Crippen LogP contribution in [-0.4, -0.2) is 73.6 Å². The van der Waals surface area contributed by atoms with Crippen molar-refractivity contribution in [1.29, 1.82) is 0 Å². The Kier molecular flexibility index (Phi) is 7.59. The van der Waals surface area contributed by atoms with E-state index in [4.69, 9.17) is 20.7 Å². The Labute approximate surface area is 224 Å². The Morgan fingerprint density at radius 2 is 2.00 bits per heavy atom. The number of alkyl carbamates (subject to hydrolysis) is 1. The summed E-state index contributed by atoms with van der Waals surface area (Å²) in [6, 6.07) is 12.2. The average molecular weight is 541 g/mol. The summed E-state index contributed by atoms with van der Waals surface area (Å²) in [7, 11) is 1.57. The number of aliphatic imine (C=N–C) groups is 1. The molecule has 1 aromatic heterocycles. The number of carbonyl (C=O) groups excluding carboxylic acids is 2. The molecule has 2 amide bonds. The number of ether oxygens (including phenoxy) is 1. The molecule has 0 atom stereocenters. The lowest BCUT2D eigenvalue weighted by Gasteiger charge is -2.35. The van der Waals surface area contributed by atoms with Gasteiger partial charge >= 0.3 is 6.09 Å². The highest BCUT2D eigenvalue weighted by Gasteiger charge is 2.29. The zero-order chi connectivity index (χ0) is 25.9. The van der Waals surface area contributed by atoms with Gasteiger partial charge in [0.2, 0.25) is 5.91 Å². The Morgan fingerprint density at radius 3 is 2.78 bits per heavy atom. The lowest BCUT2D eigenvalue weighted by molar-refractivity contribution is -0.118. The molecule has 0 unspecified atom stereocenters. The molecule has 0 spiro atoms. The largest absolute Gasteiger partial charge is 0.427 e. The molecule has 37 heavy (non-hydrogen) atoms. The van der Waals surface area contributed by atoms with Gasteiger partial charge in [0.15, 0.2) is 6.73 Å². The van der Waals surface area contributed by atoms with Crippen LogP contribution in [-0.2, 0) is 22.4 Å². The third kappa shape index (κ3) is 5.56. The van der Waals surface area contributed by atoms with Crippen molar-refractivity contribution in [2.75, 3.05) is 56.3 Å². The van der Waals surface area contributed by atoms with E-state index in [2.05, 4.69) is 44.4 Å². The molecule has 11 heteroatoms. The number of amides is 2. The van der Waals surface area contributed by atoms with Gasteiger partial charge < -0.3 is 9.64 Å². The highest BCUT2D eigenvalue weighted by Crippen LogP contribution is 2.34. The van der Waals surface area contributed by atoms with Crippen LogP contribution in [0.15, 0.2) is 41.4 Å². The van der Waals surface area contributed by atoms with Crippen LogP contribution in [0.2, 0.25) is 5.02 Å². The number of hydrogen-bond donors (Lipinski definition) is 1. The van der Waals surface area contributed by atoms with Crippen molar-refractivity contribution in [2.45, 2.75) is 19.8 Å². The fourth-order valence-electron chi connectivity index (χ4n) is 4.70. The molecule has 5 rings (SSSR count). The molecular weight excluding hydrogens is 512 g/mol. The quantitative estimate of drug-likeness (QED) is 0.376. The van der Waals surface area contributed by atoms with Crippen LogP contribution in [0, 0.1) is 0 Å². The van der Waals surface area contributed by atoms with Gasteiger partial charge in [0.25, 0.3) is 0 Å². The number of nitrogens with zero attached hydrogens (tertiary/aromatic N) is 5. The van der Waals surface area contributed by atoms with Gasteiger partial charge in [-0.05, 0) is 54.2 Å². The van der Waals surface area contributed by atoms with Crippen molar-refractivity contribution in [1.82, 2.24) is 14.6 Å². The third-order valence-corrected chi connectivity index (χ3v) is 8.02. The minimum atomic E-state index is -0.657. The van der Waals surface area contributed by atoms with Crippen molar-refractivity contribution >= 4 is 62.6 Å². The fourth-order valence-corrected chi connectivity index (χ4v) is 5.75. The van der Waals surface area contributed by atoms with Gasteiger partial charge in [-0.25, -0.2) is 4.79 Å². The molecule has 2 aliphatic heterocycles. The Balaban J connectivity index is 1.16. The number of carbonyl (C=O) groups is 2. The van der Waals surface area contributed by atoms with E-state index in [-0.39, 0.29) is 19.1 Å². The second-order valence-corrected chi connectivity index (χ2v) is 10.4. The minimum Gasteiger partial charge on any atom is -0.427 e. The van der Waals surface area contributed by atoms with E-state index in [1.165, 1.54) is 15.0 Å². The van der Waals surface area contributed by atoms with Crippen LogP contribution < -0.4 is 15.1 Å². The van der Waals surface area contributed by atoms with Gasteiger partial charge in [-0.1, -0.05) is 29.8 Å². The van der Waals surface area contributed by atoms with Crippen LogP contribution in [0.1, 0.15) is 18.1 Å². The van der Waals surface area contributed by atoms with Gasteiger partial charge in [0.1, 0.15) is 11.7 Å². The van der Waals surface area contributed by atoms with Crippen molar-refractivity contribution in [3.05, 3.63) is 52.5 Å². The number of piperazine rings is 1. The normalized spacial score (nSPS) is 16.4. The number of aromatic nitrogens is 1. The Bertz CT molecular complexity index is 1350. The first-order valence-corrected chi connectivity index (χ1v) is 13.4. The second-order valence-electron chi connectivity index (χ2n) is 9.15. The Hall–Kier alpha value is -3.21. The van der Waals surface area contributed by atoms with E-state index in [1.807, 2.05) is 12.1 Å². The number of halogens is 1. The summed E-state index contributed by atoms with van der Waals surface area (Å²) in [6.45, 7) is 6.16. The Morgan fingerprint density at radius 1 is 1.22 bits per heavy atom. The molecule has 9 nitrogen and oxygen atoms in total. The number of anilines is 2. The van der Waals surface area contributed by atoms with Crippen LogP contribution >= 0.6 is 23.1 Å². The van der Waals surface area contributed by atoms with Crippen molar-refractivity contribution in [2.24, 2.45) is 4.99 Å². The molecule has 0 radical (unpaired) electrons. The molecule has 1 N–H and O–H groups in total. The molecule has 2 aliphatic rings. The maximum Gasteiger partial charge on any atom is 0.414 e. The van der Waals surface area contributed by atoms with Gasteiger partial charge in [0, 0.05) is 50.2 Å². The number of hydrogen-bond acceptors (Lipinski definition) is 8. The fraction of sp³-hybridized carbons (Fsp3) is 0.385. The molecule has 1 fully saturated rings. The standard InChI is InChI=1S/C26H29ClN6O3S/c1-17(28-2)29-26(35)36-16-33-22-15-21(27)18(13-19(22)14-24(33)34)7-8-31-9-11-32(12-10-31)25-20-5-3-4-6-23(20)37-30-25/h3-6,13,15H,7-12,14,16H2,1-2H3,(H,28,29,35).